The maximum atomic E-state index is 14.9. The van der Waals surface area contributed by atoms with Crippen LogP contribution in [0.4, 0.5) is 18.9 Å². The molecular weight excluding hydrogens is 457 g/mol. The molecule has 0 radical (unpaired) electrons. The lowest BCUT2D eigenvalue weighted by Crippen LogP contribution is -2.50. The van der Waals surface area contributed by atoms with E-state index in [9.17, 15) is 26.4 Å². The van der Waals surface area contributed by atoms with Gasteiger partial charge in [-0.1, -0.05) is 6.08 Å². The molecule has 1 aromatic heterocycles. The highest BCUT2D eigenvalue weighted by molar-refractivity contribution is 7.94. The molecule has 1 aliphatic heterocycles. The van der Waals surface area contributed by atoms with Crippen LogP contribution in [0.1, 0.15) is 46.4 Å². The third-order valence-electron chi connectivity index (χ3n) is 6.09. The Morgan fingerprint density at radius 1 is 1.30 bits per heavy atom. The number of anilines is 1. The van der Waals surface area contributed by atoms with Crippen LogP contribution in [0.3, 0.4) is 0 Å². The zero-order chi connectivity index (χ0) is 24.2. The molecule has 11 heteroatoms. The SMILES string of the molecule is C=C[C@@]1(c2cc(NC(=O)c3ncc(C(F)F)cc3C)ccc2F)CS(=O)(=O)C2(CC2)C(N)=N1. The molecule has 3 N–H and O–H groups in total. The molecule has 7 nitrogen and oxygen atoms in total. The number of halogens is 3. The number of aliphatic imine (C=N–C) groups is 1. The zero-order valence-electron chi connectivity index (χ0n) is 17.6. The highest BCUT2D eigenvalue weighted by Gasteiger charge is 2.62. The number of alkyl halides is 2. The first kappa shape index (κ1) is 23.0. The number of carbonyl (C=O) groups excluding carboxylic acids is 1. The molecule has 4 rings (SSSR count). The van der Waals surface area contributed by atoms with Crippen molar-refractivity contribution in [2.75, 3.05) is 11.1 Å². The van der Waals surface area contributed by atoms with Crippen LogP contribution in [0.25, 0.3) is 0 Å². The molecule has 1 aliphatic carbocycles. The third-order valence-corrected chi connectivity index (χ3v) is 8.72. The van der Waals surface area contributed by atoms with Crippen molar-refractivity contribution in [2.45, 2.75) is 36.5 Å². The van der Waals surface area contributed by atoms with E-state index in [0.717, 1.165) is 18.3 Å². The van der Waals surface area contributed by atoms with E-state index < -0.39 is 44.0 Å². The number of hydrogen-bond acceptors (Lipinski definition) is 6. The summed E-state index contributed by atoms with van der Waals surface area (Å²) in [7, 11) is -3.73. The largest absolute Gasteiger partial charge is 0.386 e. The van der Waals surface area contributed by atoms with Crippen molar-refractivity contribution in [3.8, 4) is 0 Å². The van der Waals surface area contributed by atoms with E-state index in [1.165, 1.54) is 25.1 Å². The number of nitrogens with zero attached hydrogens (tertiary/aromatic N) is 2. The predicted molar refractivity (Wildman–Crippen MR) is 118 cm³/mol. The fraction of sp³-hybridized carbons (Fsp3) is 0.318. The number of amidine groups is 1. The molecule has 0 bridgehead atoms. The number of aromatic nitrogens is 1. The minimum absolute atomic E-state index is 0.0816. The van der Waals surface area contributed by atoms with E-state index >= 15 is 0 Å². The van der Waals surface area contributed by atoms with Crippen molar-refractivity contribution in [2.24, 2.45) is 10.7 Å². The quantitative estimate of drug-likeness (QED) is 0.639. The molecule has 1 spiro atoms. The van der Waals surface area contributed by atoms with E-state index in [0.29, 0.717) is 12.8 Å². The van der Waals surface area contributed by atoms with Crippen LogP contribution in [0.15, 0.2) is 48.1 Å². The summed E-state index contributed by atoms with van der Waals surface area (Å²) in [5.41, 5.74) is 4.20. The summed E-state index contributed by atoms with van der Waals surface area (Å²) in [5, 5.41) is 2.54. The second kappa shape index (κ2) is 7.68. The van der Waals surface area contributed by atoms with Gasteiger partial charge in [-0.15, -0.1) is 6.58 Å². The number of rotatable bonds is 5. The number of benzene rings is 1. The Kier molecular flexibility index (Phi) is 5.35. The van der Waals surface area contributed by atoms with Gasteiger partial charge >= 0.3 is 0 Å². The van der Waals surface area contributed by atoms with Gasteiger partial charge in [0.2, 0.25) is 0 Å². The van der Waals surface area contributed by atoms with Gasteiger partial charge in [0.25, 0.3) is 12.3 Å². The number of hydrogen-bond donors (Lipinski definition) is 2. The van der Waals surface area contributed by atoms with Crippen LogP contribution in [-0.2, 0) is 15.4 Å². The number of sulfone groups is 1. The van der Waals surface area contributed by atoms with E-state index in [-0.39, 0.29) is 33.9 Å². The van der Waals surface area contributed by atoms with Gasteiger partial charge in [0.1, 0.15) is 27.6 Å². The molecule has 174 valence electrons. The molecule has 1 aromatic carbocycles. The monoisotopic (exact) mass is 478 g/mol. The Morgan fingerprint density at radius 3 is 2.55 bits per heavy atom. The van der Waals surface area contributed by atoms with Gasteiger partial charge in [0.15, 0.2) is 9.84 Å². The Morgan fingerprint density at radius 2 is 2.00 bits per heavy atom. The van der Waals surface area contributed by atoms with E-state index in [4.69, 9.17) is 5.73 Å². The van der Waals surface area contributed by atoms with Gasteiger partial charge in [0, 0.05) is 23.0 Å². The van der Waals surface area contributed by atoms with Crippen molar-refractivity contribution >= 4 is 27.3 Å². The number of carbonyl (C=O) groups is 1. The summed E-state index contributed by atoms with van der Waals surface area (Å²) >= 11 is 0. The number of nitrogens with two attached hydrogens (primary N) is 1. The van der Waals surface area contributed by atoms with Gasteiger partial charge in [-0.2, -0.15) is 0 Å². The normalized spacial score (nSPS) is 22.6. The highest BCUT2D eigenvalue weighted by atomic mass is 32.2. The topological polar surface area (TPSA) is 115 Å². The number of amides is 1. The zero-order valence-corrected chi connectivity index (χ0v) is 18.4. The van der Waals surface area contributed by atoms with Crippen LogP contribution in [-0.4, -0.2) is 35.6 Å². The molecule has 0 saturated heterocycles. The van der Waals surface area contributed by atoms with Crippen LogP contribution in [0, 0.1) is 12.7 Å². The maximum Gasteiger partial charge on any atom is 0.274 e. The third kappa shape index (κ3) is 3.69. The number of aryl methyl sites for hydroxylation is 1. The van der Waals surface area contributed by atoms with Gasteiger partial charge in [0.05, 0.1) is 5.75 Å². The summed E-state index contributed by atoms with van der Waals surface area (Å²) in [5.74, 6) is -2.04. The van der Waals surface area contributed by atoms with E-state index in [1.54, 1.807) is 0 Å². The lowest BCUT2D eigenvalue weighted by atomic mass is 9.91. The average Bonchev–Trinajstić information content (AvgIpc) is 3.56. The highest BCUT2D eigenvalue weighted by Crippen LogP contribution is 2.50. The Hall–Kier alpha value is -3.21. The molecule has 1 amide bonds. The lowest BCUT2D eigenvalue weighted by molar-refractivity contribution is 0.102. The van der Waals surface area contributed by atoms with Gasteiger partial charge in [-0.25, -0.2) is 21.6 Å². The van der Waals surface area contributed by atoms with Crippen molar-refractivity contribution in [3.05, 3.63) is 71.3 Å². The maximum absolute atomic E-state index is 14.9. The fourth-order valence-electron chi connectivity index (χ4n) is 4.05. The summed E-state index contributed by atoms with van der Waals surface area (Å²) in [4.78, 5) is 20.8. The van der Waals surface area contributed by atoms with Gasteiger partial charge < -0.3 is 11.1 Å². The first-order valence-electron chi connectivity index (χ1n) is 10.0. The van der Waals surface area contributed by atoms with Crippen molar-refractivity contribution < 1.29 is 26.4 Å². The molecule has 1 atom stereocenters. The predicted octanol–water partition coefficient (Wildman–Crippen LogP) is 3.42. The molecule has 0 unspecified atom stereocenters. The first-order chi connectivity index (χ1) is 15.4. The van der Waals surface area contributed by atoms with Gasteiger partial charge in [-0.3, -0.25) is 14.8 Å². The number of nitrogens with one attached hydrogen (secondary N) is 1. The Labute approximate surface area is 188 Å². The molecule has 2 aliphatic rings. The molecule has 2 heterocycles. The molecule has 1 saturated carbocycles. The first-order valence-corrected chi connectivity index (χ1v) is 11.7. The summed E-state index contributed by atoms with van der Waals surface area (Å²) in [6.45, 7) is 5.13. The fourth-order valence-corrected chi connectivity index (χ4v) is 6.33. The van der Waals surface area contributed by atoms with Crippen molar-refractivity contribution in [1.82, 2.24) is 4.98 Å². The van der Waals surface area contributed by atoms with Crippen molar-refractivity contribution in [3.63, 3.8) is 0 Å². The smallest absolute Gasteiger partial charge is 0.274 e. The average molecular weight is 478 g/mol. The summed E-state index contributed by atoms with van der Waals surface area (Å²) < 4.78 is 65.2. The summed E-state index contributed by atoms with van der Waals surface area (Å²) in [6.07, 6.45) is 0.150. The minimum Gasteiger partial charge on any atom is -0.386 e. The second-order valence-corrected chi connectivity index (χ2v) is 10.6. The second-order valence-electron chi connectivity index (χ2n) is 8.26. The van der Waals surface area contributed by atoms with Crippen LogP contribution >= 0.6 is 0 Å². The Bertz CT molecular complexity index is 1310. The summed E-state index contributed by atoms with van der Waals surface area (Å²) in [6, 6.07) is 4.77. The van der Waals surface area contributed by atoms with Crippen LogP contribution in [0.5, 0.6) is 0 Å². The van der Waals surface area contributed by atoms with E-state index in [1.807, 2.05) is 0 Å². The van der Waals surface area contributed by atoms with Crippen LogP contribution in [0.2, 0.25) is 0 Å². The molecule has 2 aromatic rings. The van der Waals surface area contributed by atoms with E-state index in [2.05, 4.69) is 21.9 Å². The lowest BCUT2D eigenvalue weighted by Gasteiger charge is -2.35. The minimum atomic E-state index is -3.73. The number of pyridine rings is 1. The molecule has 33 heavy (non-hydrogen) atoms. The van der Waals surface area contributed by atoms with Crippen molar-refractivity contribution in [1.29, 1.82) is 0 Å². The molecular formula is C22H21F3N4O3S. The molecule has 1 fully saturated rings. The van der Waals surface area contributed by atoms with Gasteiger partial charge in [-0.05, 0) is 49.6 Å². The van der Waals surface area contributed by atoms with Crippen LogP contribution < -0.4 is 11.1 Å². The Balaban J connectivity index is 1.70. The standard InChI is InChI=1S/C22H21F3N4O3S/c1-3-21(11-33(31,32)22(6-7-22)20(26)29-21)15-9-14(4-5-16(15)23)28-19(30)17-12(2)8-13(10-27-17)18(24)25/h3-5,8-10,18H,1,6-7,11H2,2H3,(H2,26,29)(H,28,30)/t21-/m0/s1.